The number of rotatable bonds is 5. The van der Waals surface area contributed by atoms with Gasteiger partial charge in [0.05, 0.1) is 5.75 Å². The summed E-state index contributed by atoms with van der Waals surface area (Å²) in [5, 5.41) is 10.9. The van der Waals surface area contributed by atoms with Gasteiger partial charge >= 0.3 is 0 Å². The quantitative estimate of drug-likeness (QED) is 0.826. The van der Waals surface area contributed by atoms with Crippen LogP contribution in [0.5, 0.6) is 0 Å². The van der Waals surface area contributed by atoms with Crippen molar-refractivity contribution in [3.05, 3.63) is 30.3 Å². The molecule has 0 spiro atoms. The van der Waals surface area contributed by atoms with Gasteiger partial charge in [0.1, 0.15) is 0 Å². The minimum absolute atomic E-state index is 0.0693. The van der Waals surface area contributed by atoms with Crippen molar-refractivity contribution in [3.63, 3.8) is 0 Å². The second-order valence-electron chi connectivity index (χ2n) is 6.06. The van der Waals surface area contributed by atoms with Crippen LogP contribution >= 0.6 is 11.8 Å². The van der Waals surface area contributed by atoms with Gasteiger partial charge in [-0.05, 0) is 18.8 Å². The van der Waals surface area contributed by atoms with Crippen molar-refractivity contribution in [1.82, 2.24) is 20.5 Å². The molecule has 122 valence electrons. The number of nitrogens with one attached hydrogen (secondary N) is 2. The molecule has 2 N–H and O–H groups in total. The van der Waals surface area contributed by atoms with E-state index >= 15 is 0 Å². The smallest absolute Gasteiger partial charge is 0.230 e. The minimum Gasteiger partial charge on any atom is -0.352 e. The monoisotopic (exact) mass is 330 g/mol. The predicted octanol–water partition coefficient (Wildman–Crippen LogP) is 3.26. The highest BCUT2D eigenvalue weighted by Gasteiger charge is 2.22. The molecule has 1 heterocycles. The largest absolute Gasteiger partial charge is 0.352 e. The molecule has 1 saturated carbocycles. The first kappa shape index (κ1) is 16.1. The van der Waals surface area contributed by atoms with Crippen LogP contribution in [0.1, 0.15) is 32.6 Å². The minimum atomic E-state index is 0.0693. The lowest BCUT2D eigenvalue weighted by atomic mass is 9.86. The second-order valence-corrected chi connectivity index (χ2v) is 7.00. The highest BCUT2D eigenvalue weighted by atomic mass is 32.2. The second kappa shape index (κ2) is 7.64. The Morgan fingerprint density at radius 1 is 1.30 bits per heavy atom. The molecule has 1 aromatic heterocycles. The van der Waals surface area contributed by atoms with Gasteiger partial charge in [-0.15, -0.1) is 5.10 Å². The van der Waals surface area contributed by atoms with E-state index in [1.165, 1.54) is 31.0 Å². The molecule has 23 heavy (non-hydrogen) atoms. The van der Waals surface area contributed by atoms with Crippen molar-refractivity contribution in [2.45, 2.75) is 43.8 Å². The van der Waals surface area contributed by atoms with Crippen LogP contribution in [0.3, 0.4) is 0 Å². The number of nitrogens with zero attached hydrogens (tertiary/aromatic N) is 2. The summed E-state index contributed by atoms with van der Waals surface area (Å²) in [5.74, 6) is 1.73. The summed E-state index contributed by atoms with van der Waals surface area (Å²) in [6.07, 6.45) is 4.79. The summed E-state index contributed by atoms with van der Waals surface area (Å²) in [6.45, 7) is 2.22. The molecular weight excluding hydrogens is 308 g/mol. The zero-order chi connectivity index (χ0) is 16.1. The van der Waals surface area contributed by atoms with Crippen LogP contribution in [0.4, 0.5) is 0 Å². The molecule has 1 fully saturated rings. The van der Waals surface area contributed by atoms with Crippen molar-refractivity contribution < 1.29 is 4.79 Å². The van der Waals surface area contributed by atoms with Crippen molar-refractivity contribution >= 4 is 17.7 Å². The third-order valence-corrected chi connectivity index (χ3v) is 5.15. The Morgan fingerprint density at radius 2 is 2.09 bits per heavy atom. The van der Waals surface area contributed by atoms with Gasteiger partial charge in [0.25, 0.3) is 0 Å². The molecule has 1 aliphatic rings. The summed E-state index contributed by atoms with van der Waals surface area (Å²) in [5.41, 5.74) is 0.993. The van der Waals surface area contributed by atoms with E-state index in [0.717, 1.165) is 17.8 Å². The molecule has 0 saturated heterocycles. The van der Waals surface area contributed by atoms with Gasteiger partial charge in [0, 0.05) is 11.6 Å². The molecule has 0 aliphatic heterocycles. The third kappa shape index (κ3) is 4.34. The Bertz CT molecular complexity index is 643. The molecule has 0 bridgehead atoms. The Morgan fingerprint density at radius 3 is 2.87 bits per heavy atom. The Labute approximate surface area is 140 Å². The molecule has 3 rings (SSSR count). The molecule has 1 aliphatic carbocycles. The number of carbonyl (C=O) groups excluding carboxylic acids is 1. The average molecular weight is 330 g/mol. The molecular formula is C17H22N4OS. The maximum atomic E-state index is 12.1. The van der Waals surface area contributed by atoms with E-state index in [-0.39, 0.29) is 5.91 Å². The summed E-state index contributed by atoms with van der Waals surface area (Å²) >= 11 is 1.37. The fraction of sp³-hybridized carbons (Fsp3) is 0.471. The van der Waals surface area contributed by atoms with Gasteiger partial charge in [-0.2, -0.15) is 0 Å². The van der Waals surface area contributed by atoms with Crippen molar-refractivity contribution in [1.29, 1.82) is 0 Å². The topological polar surface area (TPSA) is 70.7 Å². The van der Waals surface area contributed by atoms with Gasteiger partial charge in [0.15, 0.2) is 5.82 Å². The number of aromatic amines is 1. The number of H-pyrrole nitrogens is 1. The zero-order valence-corrected chi connectivity index (χ0v) is 14.1. The average Bonchev–Trinajstić information content (AvgIpc) is 3.05. The molecule has 1 amide bonds. The molecule has 0 radical (unpaired) electrons. The Hall–Kier alpha value is -1.82. The van der Waals surface area contributed by atoms with E-state index < -0.39 is 0 Å². The van der Waals surface area contributed by atoms with Crippen LogP contribution in [-0.4, -0.2) is 32.9 Å². The van der Waals surface area contributed by atoms with Crippen LogP contribution < -0.4 is 5.32 Å². The van der Waals surface area contributed by atoms with Crippen molar-refractivity contribution in [3.8, 4) is 11.4 Å². The highest BCUT2D eigenvalue weighted by Crippen LogP contribution is 2.24. The molecule has 6 heteroatoms. The lowest BCUT2D eigenvalue weighted by Gasteiger charge is -2.29. The Kier molecular flexibility index (Phi) is 5.33. The van der Waals surface area contributed by atoms with Gasteiger partial charge in [0.2, 0.25) is 11.1 Å². The lowest BCUT2D eigenvalue weighted by Crippen LogP contribution is -2.41. The van der Waals surface area contributed by atoms with Crippen LogP contribution in [0, 0.1) is 5.92 Å². The van der Waals surface area contributed by atoms with Gasteiger partial charge in [-0.25, -0.2) is 4.98 Å². The summed E-state index contributed by atoms with van der Waals surface area (Å²) < 4.78 is 0. The fourth-order valence-electron chi connectivity index (χ4n) is 2.95. The lowest BCUT2D eigenvalue weighted by molar-refractivity contribution is -0.119. The van der Waals surface area contributed by atoms with E-state index in [2.05, 4.69) is 27.4 Å². The molecule has 5 nitrogen and oxygen atoms in total. The number of hydrogen-bond acceptors (Lipinski definition) is 4. The summed E-state index contributed by atoms with van der Waals surface area (Å²) in [6, 6.07) is 10.2. The van der Waals surface area contributed by atoms with Crippen LogP contribution in [-0.2, 0) is 4.79 Å². The highest BCUT2D eigenvalue weighted by molar-refractivity contribution is 7.99. The van der Waals surface area contributed by atoms with E-state index in [9.17, 15) is 4.79 Å². The van der Waals surface area contributed by atoms with Gasteiger partial charge in [-0.1, -0.05) is 61.9 Å². The normalized spacial score (nSPS) is 21.1. The van der Waals surface area contributed by atoms with E-state index in [1.807, 2.05) is 30.3 Å². The number of carbonyl (C=O) groups is 1. The van der Waals surface area contributed by atoms with E-state index in [1.54, 1.807) is 0 Å². The van der Waals surface area contributed by atoms with Gasteiger partial charge < -0.3 is 5.32 Å². The summed E-state index contributed by atoms with van der Waals surface area (Å²) in [4.78, 5) is 16.5. The molecule has 0 unspecified atom stereocenters. The van der Waals surface area contributed by atoms with Crippen molar-refractivity contribution in [2.24, 2.45) is 5.92 Å². The zero-order valence-electron chi connectivity index (χ0n) is 13.3. The number of hydrogen-bond donors (Lipinski definition) is 2. The number of aromatic nitrogens is 3. The summed E-state index contributed by atoms with van der Waals surface area (Å²) in [7, 11) is 0. The standard InChI is InChI=1S/C17H22N4OS/c1-12-7-5-6-10-14(12)18-15(22)11-23-17-19-16(20-21-17)13-8-3-2-4-9-13/h2-4,8-9,12,14H,5-7,10-11H2,1H3,(H,18,22)(H,19,20,21)/t12-,14+/m1/s1. The van der Waals surface area contributed by atoms with E-state index in [0.29, 0.717) is 22.9 Å². The van der Waals surface area contributed by atoms with Crippen LogP contribution in [0.25, 0.3) is 11.4 Å². The maximum absolute atomic E-state index is 12.1. The predicted molar refractivity (Wildman–Crippen MR) is 92.1 cm³/mol. The van der Waals surface area contributed by atoms with Gasteiger partial charge in [-0.3, -0.25) is 9.89 Å². The number of benzene rings is 1. The SMILES string of the molecule is C[C@@H]1CCCC[C@@H]1NC(=O)CSc1n[nH]c(-c2ccccc2)n1. The maximum Gasteiger partial charge on any atom is 0.230 e. The first-order valence-electron chi connectivity index (χ1n) is 8.12. The first-order chi connectivity index (χ1) is 11.2. The molecule has 2 aromatic rings. The number of amides is 1. The van der Waals surface area contributed by atoms with E-state index in [4.69, 9.17) is 0 Å². The molecule has 2 atom stereocenters. The first-order valence-corrected chi connectivity index (χ1v) is 9.11. The number of thioether (sulfide) groups is 1. The third-order valence-electron chi connectivity index (χ3n) is 4.30. The fourth-order valence-corrected chi connectivity index (χ4v) is 3.55. The van der Waals surface area contributed by atoms with Crippen LogP contribution in [0.2, 0.25) is 0 Å². The van der Waals surface area contributed by atoms with Crippen LogP contribution in [0.15, 0.2) is 35.5 Å². The molecule has 1 aromatic carbocycles. The van der Waals surface area contributed by atoms with Crippen molar-refractivity contribution in [2.75, 3.05) is 5.75 Å². The Balaban J connectivity index is 1.50.